The number of rotatable bonds is 5. The maximum Gasteiger partial charge on any atom is 0.416 e. The highest BCUT2D eigenvalue weighted by Gasteiger charge is 2.30. The summed E-state index contributed by atoms with van der Waals surface area (Å²) in [7, 11) is 0. The predicted octanol–water partition coefficient (Wildman–Crippen LogP) is 3.77. The third-order valence-electron chi connectivity index (χ3n) is 5.43. The van der Waals surface area contributed by atoms with E-state index >= 15 is 0 Å². The molecule has 1 atom stereocenters. The van der Waals surface area contributed by atoms with Gasteiger partial charge in [-0.2, -0.15) is 13.2 Å². The number of H-pyrrole nitrogens is 1. The zero-order chi connectivity index (χ0) is 20.4. The number of piperazine rings is 1. The van der Waals surface area contributed by atoms with E-state index in [1.165, 1.54) is 12.1 Å². The molecule has 0 radical (unpaired) electrons. The number of hydrogen-bond donors (Lipinski definition) is 2. The van der Waals surface area contributed by atoms with Crippen LogP contribution in [0, 0.1) is 0 Å². The molecule has 29 heavy (non-hydrogen) atoms. The largest absolute Gasteiger partial charge is 0.416 e. The van der Waals surface area contributed by atoms with Gasteiger partial charge in [0.15, 0.2) is 0 Å². The lowest BCUT2D eigenvalue weighted by molar-refractivity contribution is -0.137. The Kier molecular flexibility index (Phi) is 5.32. The lowest BCUT2D eigenvalue weighted by atomic mass is 10.0. The van der Waals surface area contributed by atoms with Crippen LogP contribution < -0.4 is 5.32 Å². The minimum Gasteiger partial charge on any atom is -0.361 e. The summed E-state index contributed by atoms with van der Waals surface area (Å²) in [5, 5.41) is 4.41. The summed E-state index contributed by atoms with van der Waals surface area (Å²) in [6, 6.07) is 12.8. The second kappa shape index (κ2) is 7.91. The molecule has 2 heterocycles. The molecule has 1 amide bonds. The van der Waals surface area contributed by atoms with Crippen molar-refractivity contribution in [2.45, 2.75) is 25.1 Å². The molecule has 152 valence electrons. The number of fused-ring (bicyclic) bond motifs is 1. The van der Waals surface area contributed by atoms with Crippen LogP contribution in [0.1, 0.15) is 16.7 Å². The van der Waals surface area contributed by atoms with Crippen molar-refractivity contribution >= 4 is 16.8 Å². The third kappa shape index (κ3) is 4.29. The van der Waals surface area contributed by atoms with Gasteiger partial charge >= 0.3 is 6.18 Å². The molecule has 1 saturated heterocycles. The Morgan fingerprint density at radius 2 is 1.83 bits per heavy atom. The van der Waals surface area contributed by atoms with Crippen LogP contribution in [0.4, 0.5) is 13.2 Å². The Labute approximate surface area is 166 Å². The molecule has 1 aliphatic rings. The van der Waals surface area contributed by atoms with E-state index in [4.69, 9.17) is 0 Å². The first-order valence-corrected chi connectivity index (χ1v) is 9.65. The highest BCUT2D eigenvalue weighted by Crippen LogP contribution is 2.29. The Hall–Kier alpha value is -2.80. The van der Waals surface area contributed by atoms with Gasteiger partial charge in [-0.05, 0) is 42.2 Å². The Bertz CT molecular complexity index is 994. The van der Waals surface area contributed by atoms with Crippen LogP contribution in [0.3, 0.4) is 0 Å². The van der Waals surface area contributed by atoms with E-state index in [1.807, 2.05) is 30.5 Å². The van der Waals surface area contributed by atoms with Gasteiger partial charge in [0.05, 0.1) is 11.6 Å². The summed E-state index contributed by atoms with van der Waals surface area (Å²) < 4.78 is 38.0. The molecule has 2 N–H and O–H groups in total. The van der Waals surface area contributed by atoms with Gasteiger partial charge in [0.2, 0.25) is 5.91 Å². The highest BCUT2D eigenvalue weighted by atomic mass is 19.4. The number of benzene rings is 2. The van der Waals surface area contributed by atoms with Gasteiger partial charge in [0.1, 0.15) is 0 Å². The molecule has 0 aliphatic carbocycles. The number of para-hydroxylation sites is 1. The van der Waals surface area contributed by atoms with Gasteiger partial charge in [0, 0.05) is 36.7 Å². The van der Waals surface area contributed by atoms with E-state index in [0.29, 0.717) is 32.5 Å². The van der Waals surface area contributed by atoms with Crippen molar-refractivity contribution in [2.75, 3.05) is 19.6 Å². The fourth-order valence-corrected chi connectivity index (χ4v) is 3.82. The second-order valence-electron chi connectivity index (χ2n) is 7.34. The summed E-state index contributed by atoms with van der Waals surface area (Å²) in [6.45, 7) is 1.80. The number of carbonyl (C=O) groups is 1. The number of carbonyl (C=O) groups excluding carboxylic acids is 1. The molecule has 1 unspecified atom stereocenters. The minimum absolute atomic E-state index is 0.0356. The van der Waals surface area contributed by atoms with Crippen LogP contribution >= 0.6 is 0 Å². The molecule has 2 aromatic carbocycles. The fourth-order valence-electron chi connectivity index (χ4n) is 3.82. The van der Waals surface area contributed by atoms with Crippen LogP contribution in [0.5, 0.6) is 0 Å². The zero-order valence-electron chi connectivity index (χ0n) is 15.8. The average molecular weight is 401 g/mol. The van der Waals surface area contributed by atoms with E-state index < -0.39 is 11.7 Å². The molecule has 4 nitrogen and oxygen atoms in total. The number of aromatic nitrogens is 1. The smallest absolute Gasteiger partial charge is 0.361 e. The van der Waals surface area contributed by atoms with E-state index in [9.17, 15) is 18.0 Å². The van der Waals surface area contributed by atoms with Crippen molar-refractivity contribution in [1.29, 1.82) is 0 Å². The van der Waals surface area contributed by atoms with Gasteiger partial charge in [-0.15, -0.1) is 0 Å². The fraction of sp³-hybridized carbons (Fsp3) is 0.318. The first-order valence-electron chi connectivity index (χ1n) is 9.65. The van der Waals surface area contributed by atoms with Crippen LogP contribution in [0.15, 0.2) is 54.7 Å². The van der Waals surface area contributed by atoms with Crippen molar-refractivity contribution in [1.82, 2.24) is 15.2 Å². The maximum absolute atomic E-state index is 12.9. The van der Waals surface area contributed by atoms with Crippen molar-refractivity contribution in [3.8, 4) is 0 Å². The number of hydrogen-bond acceptors (Lipinski definition) is 2. The first-order chi connectivity index (χ1) is 13.9. The minimum atomic E-state index is -4.33. The first kappa shape index (κ1) is 19.5. The summed E-state index contributed by atoms with van der Waals surface area (Å²) in [5.41, 5.74) is 2.27. The van der Waals surface area contributed by atoms with Gasteiger partial charge in [-0.1, -0.05) is 30.3 Å². The summed E-state index contributed by atoms with van der Waals surface area (Å²) in [4.78, 5) is 17.9. The monoisotopic (exact) mass is 401 g/mol. The molecular weight excluding hydrogens is 379 g/mol. The van der Waals surface area contributed by atoms with Crippen molar-refractivity contribution in [2.24, 2.45) is 0 Å². The number of amides is 1. The van der Waals surface area contributed by atoms with Crippen molar-refractivity contribution < 1.29 is 18.0 Å². The summed E-state index contributed by atoms with van der Waals surface area (Å²) in [5.74, 6) is 0.0356. The normalized spacial score (nSPS) is 17.8. The molecule has 1 aromatic heterocycles. The topological polar surface area (TPSA) is 48.1 Å². The standard InChI is InChI=1S/C22H22F3N3O/c23-22(24,25)17-7-5-15(6-8-17)9-11-28-12-10-26-20(21(28)29)13-16-14-27-19-4-2-1-3-18(16)19/h1-8,14,20,26-27H,9-13H2. The molecule has 7 heteroatoms. The van der Waals surface area contributed by atoms with Gasteiger partial charge < -0.3 is 15.2 Å². The SMILES string of the molecule is O=C1C(Cc2c[nH]c3ccccc23)NCCN1CCc1ccc(C(F)(F)F)cc1. The van der Waals surface area contributed by atoms with Crippen LogP contribution in [0.25, 0.3) is 10.9 Å². The Balaban J connectivity index is 1.38. The second-order valence-corrected chi connectivity index (χ2v) is 7.34. The number of aromatic amines is 1. The lowest BCUT2D eigenvalue weighted by Gasteiger charge is -2.33. The molecule has 1 aliphatic heterocycles. The van der Waals surface area contributed by atoms with E-state index in [-0.39, 0.29) is 11.9 Å². The highest BCUT2D eigenvalue weighted by molar-refractivity contribution is 5.86. The molecular formula is C22H22F3N3O. The Morgan fingerprint density at radius 1 is 1.07 bits per heavy atom. The summed E-state index contributed by atoms with van der Waals surface area (Å²) in [6.07, 6.45) is -1.26. The van der Waals surface area contributed by atoms with Crippen LogP contribution in [-0.2, 0) is 23.8 Å². The molecule has 0 saturated carbocycles. The third-order valence-corrected chi connectivity index (χ3v) is 5.43. The predicted molar refractivity (Wildman–Crippen MR) is 106 cm³/mol. The van der Waals surface area contributed by atoms with E-state index in [0.717, 1.165) is 34.2 Å². The number of alkyl halides is 3. The number of nitrogens with one attached hydrogen (secondary N) is 2. The molecule has 0 bridgehead atoms. The van der Waals surface area contributed by atoms with Gasteiger partial charge in [0.25, 0.3) is 0 Å². The van der Waals surface area contributed by atoms with E-state index in [2.05, 4.69) is 10.3 Å². The molecule has 0 spiro atoms. The lowest BCUT2D eigenvalue weighted by Crippen LogP contribution is -2.56. The van der Waals surface area contributed by atoms with Gasteiger partial charge in [-0.3, -0.25) is 4.79 Å². The maximum atomic E-state index is 12.9. The molecule has 4 rings (SSSR count). The summed E-state index contributed by atoms with van der Waals surface area (Å²) >= 11 is 0. The van der Waals surface area contributed by atoms with Crippen LogP contribution in [0.2, 0.25) is 0 Å². The number of nitrogens with zero attached hydrogens (tertiary/aromatic N) is 1. The van der Waals surface area contributed by atoms with E-state index in [1.54, 1.807) is 4.90 Å². The van der Waals surface area contributed by atoms with Crippen molar-refractivity contribution in [3.63, 3.8) is 0 Å². The zero-order valence-corrected chi connectivity index (χ0v) is 15.8. The molecule has 3 aromatic rings. The quantitative estimate of drug-likeness (QED) is 0.684. The Morgan fingerprint density at radius 3 is 2.59 bits per heavy atom. The number of halogens is 3. The molecule has 1 fully saturated rings. The van der Waals surface area contributed by atoms with Gasteiger partial charge in [-0.25, -0.2) is 0 Å². The van der Waals surface area contributed by atoms with Crippen LogP contribution in [-0.4, -0.2) is 41.5 Å². The van der Waals surface area contributed by atoms with Crippen molar-refractivity contribution in [3.05, 3.63) is 71.4 Å². The average Bonchev–Trinajstić information content (AvgIpc) is 3.11.